The molecule has 0 bridgehead atoms. The molecule has 4 aromatic carbocycles. The lowest BCUT2D eigenvalue weighted by atomic mass is 9.49. The molecule has 4 aliphatic rings. The number of allylic oxidation sites excluding steroid dienone is 2. The van der Waals surface area contributed by atoms with Gasteiger partial charge in [0.2, 0.25) is 11.8 Å². The van der Waals surface area contributed by atoms with Crippen molar-refractivity contribution in [2.75, 3.05) is 12.0 Å². The van der Waals surface area contributed by atoms with Gasteiger partial charge in [0.1, 0.15) is 5.75 Å². The Morgan fingerprint density at radius 2 is 1.51 bits per heavy atom. The van der Waals surface area contributed by atoms with Gasteiger partial charge in [0.15, 0.2) is 0 Å². The van der Waals surface area contributed by atoms with Crippen molar-refractivity contribution in [1.29, 1.82) is 0 Å². The molecule has 2 saturated heterocycles. The van der Waals surface area contributed by atoms with Crippen molar-refractivity contribution in [2.45, 2.75) is 38.0 Å². The van der Waals surface area contributed by atoms with Crippen molar-refractivity contribution in [1.82, 2.24) is 9.91 Å². The number of benzene rings is 4. The lowest BCUT2D eigenvalue weighted by molar-refractivity contribution is -0.141. The number of hydrogen-bond donors (Lipinski definition) is 2. The Bertz CT molecular complexity index is 2000. The molecule has 8 heteroatoms. The Kier molecular flexibility index (Phi) is 6.62. The number of nitrogens with one attached hydrogen (secondary N) is 1. The third-order valence-corrected chi connectivity index (χ3v) is 11.0. The van der Waals surface area contributed by atoms with Crippen molar-refractivity contribution in [3.05, 3.63) is 119 Å². The minimum Gasteiger partial charge on any atom is -0.507 e. The average Bonchev–Trinajstić information content (AvgIpc) is 3.47. The van der Waals surface area contributed by atoms with E-state index in [1.165, 1.54) is 9.91 Å². The summed E-state index contributed by atoms with van der Waals surface area (Å²) in [6.45, 7) is 4.07. The summed E-state index contributed by atoms with van der Waals surface area (Å²) in [6, 6.07) is 28.0. The van der Waals surface area contributed by atoms with Gasteiger partial charge in [-0.2, -0.15) is 5.01 Å². The lowest BCUT2D eigenvalue weighted by Gasteiger charge is -2.51. The van der Waals surface area contributed by atoms with Crippen LogP contribution in [0.1, 0.15) is 42.4 Å². The van der Waals surface area contributed by atoms with Crippen LogP contribution in [0, 0.1) is 30.6 Å². The number of phenols is 1. The molecule has 236 valence electrons. The summed E-state index contributed by atoms with van der Waals surface area (Å²) in [5.41, 5.74) is 5.85. The first-order chi connectivity index (χ1) is 22.8. The topological polar surface area (TPSA) is 107 Å². The Hall–Kier alpha value is -5.24. The van der Waals surface area contributed by atoms with Gasteiger partial charge in [-0.25, -0.2) is 0 Å². The molecule has 2 aliphatic heterocycles. The number of hydrogen-bond acceptors (Lipinski definition) is 6. The lowest BCUT2D eigenvalue weighted by Crippen LogP contribution is -2.53. The number of rotatable bonds is 5. The Morgan fingerprint density at radius 3 is 2.23 bits per heavy atom. The highest BCUT2D eigenvalue weighted by Gasteiger charge is 2.70. The highest BCUT2D eigenvalue weighted by molar-refractivity contribution is 6.13. The van der Waals surface area contributed by atoms with Crippen LogP contribution in [0.3, 0.4) is 0 Å². The van der Waals surface area contributed by atoms with E-state index in [4.69, 9.17) is 0 Å². The Labute approximate surface area is 272 Å². The molecule has 0 spiro atoms. The molecule has 2 heterocycles. The van der Waals surface area contributed by atoms with Crippen molar-refractivity contribution in [3.63, 3.8) is 0 Å². The molecule has 47 heavy (non-hydrogen) atoms. The van der Waals surface area contributed by atoms with E-state index in [1.54, 1.807) is 6.07 Å². The number of carbonyl (C=O) groups excluding carboxylic acids is 4. The zero-order chi connectivity index (χ0) is 32.6. The summed E-state index contributed by atoms with van der Waals surface area (Å²) < 4.78 is 0. The van der Waals surface area contributed by atoms with Crippen LogP contribution in [-0.4, -0.2) is 45.2 Å². The van der Waals surface area contributed by atoms with Crippen molar-refractivity contribution >= 4 is 40.1 Å². The zero-order valence-electron chi connectivity index (χ0n) is 26.2. The van der Waals surface area contributed by atoms with E-state index in [2.05, 4.69) is 11.5 Å². The number of imide groups is 2. The van der Waals surface area contributed by atoms with Crippen LogP contribution < -0.4 is 5.43 Å². The van der Waals surface area contributed by atoms with E-state index in [9.17, 15) is 19.5 Å². The predicted molar refractivity (Wildman–Crippen MR) is 177 cm³/mol. The number of fused-ring (bicyclic) bond motifs is 5. The minimum absolute atomic E-state index is 0.117. The number of hydrazine groups is 1. The molecule has 0 unspecified atom stereocenters. The van der Waals surface area contributed by atoms with Crippen molar-refractivity contribution < 1.29 is 24.3 Å². The third kappa shape index (κ3) is 4.00. The van der Waals surface area contributed by atoms with Gasteiger partial charge < -0.3 is 5.11 Å². The average molecular weight is 626 g/mol. The van der Waals surface area contributed by atoms with E-state index in [1.807, 2.05) is 98.8 Å². The molecule has 4 amide bonds. The fourth-order valence-electron chi connectivity index (χ4n) is 9.03. The molecule has 3 fully saturated rings. The van der Waals surface area contributed by atoms with Gasteiger partial charge in [0.05, 0.1) is 28.9 Å². The highest BCUT2D eigenvalue weighted by Crippen LogP contribution is 2.64. The van der Waals surface area contributed by atoms with E-state index >= 15 is 4.79 Å². The summed E-state index contributed by atoms with van der Waals surface area (Å²) in [5.74, 6) is -3.98. The summed E-state index contributed by atoms with van der Waals surface area (Å²) in [7, 11) is 0. The van der Waals surface area contributed by atoms with Gasteiger partial charge in [-0.1, -0.05) is 90.0 Å². The van der Waals surface area contributed by atoms with E-state index in [0.717, 1.165) is 22.1 Å². The fourth-order valence-corrected chi connectivity index (χ4v) is 9.03. The van der Waals surface area contributed by atoms with E-state index in [-0.39, 0.29) is 35.8 Å². The third-order valence-electron chi connectivity index (χ3n) is 11.0. The first-order valence-corrected chi connectivity index (χ1v) is 16.3. The molecule has 8 nitrogen and oxygen atoms in total. The second-order valence-corrected chi connectivity index (χ2v) is 13.2. The molecule has 0 aromatic heterocycles. The number of aryl methyl sites for hydroxylation is 1. The van der Waals surface area contributed by atoms with Crippen LogP contribution >= 0.6 is 0 Å². The molecule has 2 N–H and O–H groups in total. The molecule has 0 radical (unpaired) electrons. The second kappa shape index (κ2) is 10.7. The maximum atomic E-state index is 15.3. The molecular formula is C39H35N3O5. The SMILES string of the molecule is CCN1C(=O)[C@H]2[C@H](CC=C3[C@H]2C[C@H]2C(=O)N(Nc4ccc(C)cc4)C(=O)[C@@]2(c2ccccc2)[C@H]3c2ccc(O)c3ccccc23)C1=O. The number of likely N-dealkylation sites (tertiary alicyclic amines) is 1. The minimum atomic E-state index is -1.36. The smallest absolute Gasteiger partial charge is 0.260 e. The summed E-state index contributed by atoms with van der Waals surface area (Å²) in [4.78, 5) is 58.7. The molecule has 1 saturated carbocycles. The Morgan fingerprint density at radius 1 is 0.809 bits per heavy atom. The van der Waals surface area contributed by atoms with Gasteiger partial charge >= 0.3 is 0 Å². The molecule has 6 atom stereocenters. The quantitative estimate of drug-likeness (QED) is 0.213. The van der Waals surface area contributed by atoms with Gasteiger partial charge in [0, 0.05) is 17.8 Å². The molecule has 8 rings (SSSR count). The zero-order valence-corrected chi connectivity index (χ0v) is 26.2. The van der Waals surface area contributed by atoms with Crippen LogP contribution in [0.25, 0.3) is 10.8 Å². The number of nitrogens with zero attached hydrogens (tertiary/aromatic N) is 2. The molecule has 2 aliphatic carbocycles. The van der Waals surface area contributed by atoms with Crippen molar-refractivity contribution in [3.8, 4) is 5.75 Å². The van der Waals surface area contributed by atoms with Crippen LogP contribution in [0.15, 0.2) is 103 Å². The summed E-state index contributed by atoms with van der Waals surface area (Å²) in [5, 5.41) is 13.5. The molecule has 4 aromatic rings. The predicted octanol–water partition coefficient (Wildman–Crippen LogP) is 5.86. The first-order valence-electron chi connectivity index (χ1n) is 16.3. The number of amides is 4. The number of aromatic hydroxyl groups is 1. The largest absolute Gasteiger partial charge is 0.507 e. The van der Waals surface area contributed by atoms with Crippen LogP contribution in [0.5, 0.6) is 5.75 Å². The number of phenolic OH excluding ortho intramolecular Hbond substituents is 1. The number of carbonyl (C=O) groups is 4. The van der Waals surface area contributed by atoms with Gasteiger partial charge in [-0.05, 0) is 67.3 Å². The normalized spacial score (nSPS) is 28.3. The van der Waals surface area contributed by atoms with E-state index in [0.29, 0.717) is 29.6 Å². The van der Waals surface area contributed by atoms with Gasteiger partial charge in [-0.15, -0.1) is 0 Å². The van der Waals surface area contributed by atoms with E-state index < -0.39 is 35.0 Å². The van der Waals surface area contributed by atoms with Crippen LogP contribution in [-0.2, 0) is 24.6 Å². The summed E-state index contributed by atoms with van der Waals surface area (Å²) >= 11 is 0. The maximum absolute atomic E-state index is 15.3. The first kappa shape index (κ1) is 29.2. The highest BCUT2D eigenvalue weighted by atomic mass is 16.3. The van der Waals surface area contributed by atoms with Crippen molar-refractivity contribution in [2.24, 2.45) is 23.7 Å². The number of anilines is 1. The van der Waals surface area contributed by atoms with Crippen LogP contribution in [0.4, 0.5) is 5.69 Å². The monoisotopic (exact) mass is 625 g/mol. The second-order valence-electron chi connectivity index (χ2n) is 13.2. The summed E-state index contributed by atoms with van der Waals surface area (Å²) in [6.07, 6.45) is 2.70. The standard InChI is InChI=1S/C39H35N3O5/c1-3-41-35(44)29-18-17-28-30(33(29)37(41)46)21-31-36(45)42(40-24-15-13-22(2)14-16-24)38(47)39(31,23-9-5-4-6-10-23)34(28)27-19-20-32(43)26-12-8-7-11-25(26)27/h4-17,19-20,29-31,33-34,40,43H,3,18,21H2,1-2H3/t29-,30+,31-,33-,34-,39+/m0/s1. The van der Waals surface area contributed by atoms with Gasteiger partial charge in [-0.3, -0.25) is 29.5 Å². The van der Waals surface area contributed by atoms with Crippen LogP contribution in [0.2, 0.25) is 0 Å². The Balaban J connectivity index is 1.40. The fraction of sp³-hybridized carbons (Fsp3) is 0.282. The van der Waals surface area contributed by atoms with Gasteiger partial charge in [0.25, 0.3) is 11.8 Å². The molecular weight excluding hydrogens is 590 g/mol. The maximum Gasteiger partial charge on any atom is 0.260 e.